The molecule has 1 aromatic carbocycles. The molecule has 0 N–H and O–H groups in total. The monoisotopic (exact) mass is 361 g/mol. The van der Waals surface area contributed by atoms with Crippen molar-refractivity contribution in [1.82, 2.24) is 14.0 Å². The first-order valence-corrected chi connectivity index (χ1v) is 8.81. The predicted octanol–water partition coefficient (Wildman–Crippen LogP) is 3.33. The van der Waals surface area contributed by atoms with E-state index >= 15 is 0 Å². The van der Waals surface area contributed by atoms with Gasteiger partial charge in [-0.3, -0.25) is 9.20 Å². The third-order valence-electron chi connectivity index (χ3n) is 4.64. The SMILES string of the molecule is CCn1cc(C(=O)OCc2cc(=O)n3cccc(C)c3n2)c2ccccc21. The van der Waals surface area contributed by atoms with Crippen LogP contribution < -0.4 is 5.56 Å². The quantitative estimate of drug-likeness (QED) is 0.523. The van der Waals surface area contributed by atoms with Gasteiger partial charge >= 0.3 is 5.97 Å². The molecule has 0 radical (unpaired) electrons. The highest BCUT2D eigenvalue weighted by Gasteiger charge is 2.16. The Hall–Kier alpha value is -3.41. The van der Waals surface area contributed by atoms with Crippen molar-refractivity contribution < 1.29 is 9.53 Å². The van der Waals surface area contributed by atoms with Crippen LogP contribution in [0.2, 0.25) is 0 Å². The van der Waals surface area contributed by atoms with E-state index in [1.54, 1.807) is 18.5 Å². The highest BCUT2D eigenvalue weighted by atomic mass is 16.5. The standard InChI is InChI=1S/C21H19N3O3/c1-3-23-12-17(16-8-4-5-9-18(16)23)21(26)27-13-15-11-19(25)24-10-6-7-14(2)20(24)22-15/h4-12H,3,13H2,1-2H3. The minimum absolute atomic E-state index is 0.0511. The molecule has 0 amide bonds. The summed E-state index contributed by atoms with van der Waals surface area (Å²) in [6.07, 6.45) is 3.48. The molecule has 6 heteroatoms. The number of rotatable bonds is 4. The Bertz CT molecular complexity index is 1220. The summed E-state index contributed by atoms with van der Waals surface area (Å²) in [5.74, 6) is -0.426. The van der Waals surface area contributed by atoms with E-state index < -0.39 is 5.97 Å². The second-order valence-electron chi connectivity index (χ2n) is 6.39. The number of carbonyl (C=O) groups excluding carboxylic acids is 1. The van der Waals surface area contributed by atoms with E-state index in [4.69, 9.17) is 4.74 Å². The molecule has 27 heavy (non-hydrogen) atoms. The minimum atomic E-state index is -0.426. The van der Waals surface area contributed by atoms with Gasteiger partial charge < -0.3 is 9.30 Å². The van der Waals surface area contributed by atoms with Gasteiger partial charge in [-0.25, -0.2) is 9.78 Å². The van der Waals surface area contributed by atoms with Crippen molar-refractivity contribution in [3.05, 3.63) is 82.0 Å². The lowest BCUT2D eigenvalue weighted by Gasteiger charge is -2.07. The lowest BCUT2D eigenvalue weighted by atomic mass is 10.2. The number of fused-ring (bicyclic) bond motifs is 2. The van der Waals surface area contributed by atoms with Crippen LogP contribution in [-0.2, 0) is 17.9 Å². The Morgan fingerprint density at radius 3 is 2.81 bits per heavy atom. The van der Waals surface area contributed by atoms with E-state index in [0.29, 0.717) is 16.9 Å². The number of ether oxygens (including phenoxy) is 1. The molecule has 0 unspecified atom stereocenters. The van der Waals surface area contributed by atoms with Gasteiger partial charge in [0.25, 0.3) is 5.56 Å². The van der Waals surface area contributed by atoms with Gasteiger partial charge in [0.1, 0.15) is 12.3 Å². The smallest absolute Gasteiger partial charge is 0.340 e. The maximum atomic E-state index is 12.6. The Morgan fingerprint density at radius 1 is 1.19 bits per heavy atom. The lowest BCUT2D eigenvalue weighted by Crippen LogP contribution is -2.17. The average molecular weight is 361 g/mol. The van der Waals surface area contributed by atoms with Gasteiger partial charge in [-0.2, -0.15) is 0 Å². The average Bonchev–Trinajstić information content (AvgIpc) is 3.06. The molecule has 0 atom stereocenters. The van der Waals surface area contributed by atoms with Crippen molar-refractivity contribution in [3.63, 3.8) is 0 Å². The molecular weight excluding hydrogens is 342 g/mol. The van der Waals surface area contributed by atoms with Crippen LogP contribution in [0, 0.1) is 6.92 Å². The molecule has 0 spiro atoms. The molecule has 0 saturated heterocycles. The fourth-order valence-electron chi connectivity index (χ4n) is 3.27. The summed E-state index contributed by atoms with van der Waals surface area (Å²) in [6.45, 7) is 4.62. The number of benzene rings is 1. The summed E-state index contributed by atoms with van der Waals surface area (Å²) < 4.78 is 8.95. The molecule has 0 aliphatic heterocycles. The van der Waals surface area contributed by atoms with Gasteiger partial charge in [0.2, 0.25) is 0 Å². The van der Waals surface area contributed by atoms with Gasteiger partial charge in [0.05, 0.1) is 11.3 Å². The summed E-state index contributed by atoms with van der Waals surface area (Å²) in [7, 11) is 0. The number of hydrogen-bond acceptors (Lipinski definition) is 4. The summed E-state index contributed by atoms with van der Waals surface area (Å²) in [5.41, 5.74) is 3.19. The van der Waals surface area contributed by atoms with Gasteiger partial charge in [0.15, 0.2) is 0 Å². The zero-order valence-electron chi connectivity index (χ0n) is 15.2. The van der Waals surface area contributed by atoms with Crippen molar-refractivity contribution >= 4 is 22.5 Å². The van der Waals surface area contributed by atoms with Gasteiger partial charge in [0, 0.05) is 35.9 Å². The molecule has 0 fully saturated rings. The summed E-state index contributed by atoms with van der Waals surface area (Å²) in [4.78, 5) is 29.4. The molecule has 0 bridgehead atoms. The fourth-order valence-corrected chi connectivity index (χ4v) is 3.27. The normalized spacial score (nSPS) is 11.2. The van der Waals surface area contributed by atoms with Crippen LogP contribution in [0.4, 0.5) is 0 Å². The van der Waals surface area contributed by atoms with Crippen LogP contribution in [0.5, 0.6) is 0 Å². The largest absolute Gasteiger partial charge is 0.456 e. The van der Waals surface area contributed by atoms with Crippen molar-refractivity contribution in [2.45, 2.75) is 27.0 Å². The number of pyridine rings is 1. The Labute approximate surface area is 155 Å². The molecule has 0 aliphatic carbocycles. The Morgan fingerprint density at radius 2 is 2.00 bits per heavy atom. The summed E-state index contributed by atoms with van der Waals surface area (Å²) in [5, 5.41) is 0.853. The number of para-hydroxylation sites is 1. The van der Waals surface area contributed by atoms with E-state index in [-0.39, 0.29) is 12.2 Å². The van der Waals surface area contributed by atoms with E-state index in [1.165, 1.54) is 10.5 Å². The van der Waals surface area contributed by atoms with Crippen LogP contribution in [-0.4, -0.2) is 19.9 Å². The van der Waals surface area contributed by atoms with Crippen LogP contribution in [0.25, 0.3) is 16.6 Å². The van der Waals surface area contributed by atoms with Crippen LogP contribution >= 0.6 is 0 Å². The second kappa shape index (κ2) is 6.72. The van der Waals surface area contributed by atoms with Crippen molar-refractivity contribution in [2.75, 3.05) is 0 Å². The summed E-state index contributed by atoms with van der Waals surface area (Å²) >= 11 is 0. The number of carbonyl (C=O) groups is 1. The third kappa shape index (κ3) is 2.99. The lowest BCUT2D eigenvalue weighted by molar-refractivity contribution is 0.0470. The zero-order valence-corrected chi connectivity index (χ0v) is 15.2. The number of aromatic nitrogens is 3. The zero-order chi connectivity index (χ0) is 19.0. The maximum Gasteiger partial charge on any atom is 0.340 e. The second-order valence-corrected chi connectivity index (χ2v) is 6.39. The fraction of sp³-hybridized carbons (Fsp3) is 0.190. The number of nitrogens with zero attached hydrogens (tertiary/aromatic N) is 3. The molecular formula is C21H19N3O3. The number of aryl methyl sites for hydroxylation is 2. The van der Waals surface area contributed by atoms with Gasteiger partial charge in [-0.1, -0.05) is 24.3 Å². The number of esters is 1. The molecule has 0 saturated carbocycles. The Balaban J connectivity index is 1.63. The highest BCUT2D eigenvalue weighted by molar-refractivity contribution is 6.04. The first kappa shape index (κ1) is 17.0. The highest BCUT2D eigenvalue weighted by Crippen LogP contribution is 2.22. The van der Waals surface area contributed by atoms with Crippen molar-refractivity contribution in [1.29, 1.82) is 0 Å². The minimum Gasteiger partial charge on any atom is -0.456 e. The van der Waals surface area contributed by atoms with E-state index in [2.05, 4.69) is 4.98 Å². The number of hydrogen-bond donors (Lipinski definition) is 0. The maximum absolute atomic E-state index is 12.6. The Kier molecular flexibility index (Phi) is 4.24. The first-order valence-electron chi connectivity index (χ1n) is 8.81. The molecule has 136 valence electrons. The molecule has 4 aromatic rings. The summed E-state index contributed by atoms with van der Waals surface area (Å²) in [6, 6.07) is 12.8. The van der Waals surface area contributed by atoms with E-state index in [0.717, 1.165) is 23.0 Å². The van der Waals surface area contributed by atoms with Crippen molar-refractivity contribution in [3.8, 4) is 0 Å². The van der Waals surface area contributed by atoms with Crippen LogP contribution in [0.3, 0.4) is 0 Å². The van der Waals surface area contributed by atoms with E-state index in [1.807, 2.05) is 48.7 Å². The van der Waals surface area contributed by atoms with Gasteiger partial charge in [-0.05, 0) is 31.5 Å². The molecule has 0 aliphatic rings. The molecule has 4 rings (SSSR count). The third-order valence-corrected chi connectivity index (χ3v) is 4.64. The topological polar surface area (TPSA) is 65.6 Å². The molecule has 6 nitrogen and oxygen atoms in total. The van der Waals surface area contributed by atoms with Crippen LogP contribution in [0.1, 0.15) is 28.5 Å². The predicted molar refractivity (Wildman–Crippen MR) is 103 cm³/mol. The first-order chi connectivity index (χ1) is 13.1. The van der Waals surface area contributed by atoms with Gasteiger partial charge in [-0.15, -0.1) is 0 Å². The molecule has 3 heterocycles. The van der Waals surface area contributed by atoms with E-state index in [9.17, 15) is 9.59 Å². The van der Waals surface area contributed by atoms with Crippen LogP contribution in [0.15, 0.2) is 59.7 Å². The molecule has 3 aromatic heterocycles. The van der Waals surface area contributed by atoms with Crippen molar-refractivity contribution in [2.24, 2.45) is 0 Å².